The zero-order valence-electron chi connectivity index (χ0n) is 10.4. The molecule has 1 saturated heterocycles. The molecule has 18 heavy (non-hydrogen) atoms. The number of imidazole rings is 1. The highest BCUT2D eigenvalue weighted by Crippen LogP contribution is 2.03. The summed E-state index contributed by atoms with van der Waals surface area (Å²) in [5, 5.41) is 0.0620. The topological polar surface area (TPSA) is 76.5 Å². The van der Waals surface area contributed by atoms with E-state index in [9.17, 15) is 8.42 Å². The number of hydrogen-bond acceptors (Lipinski definition) is 5. The summed E-state index contributed by atoms with van der Waals surface area (Å²) < 4.78 is 33.1. The Labute approximate surface area is 107 Å². The van der Waals surface area contributed by atoms with Crippen molar-refractivity contribution in [1.82, 2.24) is 19.2 Å². The average molecular weight is 274 g/mol. The first-order chi connectivity index (χ1) is 8.58. The van der Waals surface area contributed by atoms with Gasteiger partial charge in [-0.15, -0.1) is 0 Å². The summed E-state index contributed by atoms with van der Waals surface area (Å²) in [6, 6.07) is 0. The summed E-state index contributed by atoms with van der Waals surface area (Å²) in [5.74, 6) is 0. The summed E-state index contributed by atoms with van der Waals surface area (Å²) in [6.07, 6.45) is 2.95. The van der Waals surface area contributed by atoms with Crippen LogP contribution in [0.5, 0.6) is 0 Å². The predicted octanol–water partition coefficient (Wildman–Crippen LogP) is -0.969. The van der Waals surface area contributed by atoms with Gasteiger partial charge in [-0.25, -0.2) is 18.1 Å². The molecule has 0 atom stereocenters. The van der Waals surface area contributed by atoms with E-state index in [1.807, 2.05) is 0 Å². The van der Waals surface area contributed by atoms with E-state index in [2.05, 4.69) is 14.6 Å². The van der Waals surface area contributed by atoms with Crippen LogP contribution >= 0.6 is 0 Å². The highest BCUT2D eigenvalue weighted by Gasteiger charge is 2.17. The van der Waals surface area contributed by atoms with E-state index in [1.165, 1.54) is 12.5 Å². The quantitative estimate of drug-likeness (QED) is 0.747. The molecule has 0 unspecified atom stereocenters. The van der Waals surface area contributed by atoms with Crippen LogP contribution in [0.1, 0.15) is 0 Å². The van der Waals surface area contributed by atoms with Crippen molar-refractivity contribution >= 4 is 10.0 Å². The first-order valence-corrected chi connectivity index (χ1v) is 7.34. The smallest absolute Gasteiger partial charge is 0.259 e. The average Bonchev–Trinajstić information content (AvgIpc) is 2.78. The van der Waals surface area contributed by atoms with Gasteiger partial charge in [0.15, 0.2) is 5.03 Å². The fourth-order valence-electron chi connectivity index (χ4n) is 1.76. The number of nitrogens with zero attached hydrogens (tertiary/aromatic N) is 3. The fourth-order valence-corrected chi connectivity index (χ4v) is 2.76. The molecular weight excluding hydrogens is 256 g/mol. The van der Waals surface area contributed by atoms with Crippen molar-refractivity contribution in [2.45, 2.75) is 5.03 Å². The van der Waals surface area contributed by atoms with Gasteiger partial charge in [0, 0.05) is 39.4 Å². The second-order valence-corrected chi connectivity index (χ2v) is 5.94. The summed E-state index contributed by atoms with van der Waals surface area (Å²) in [7, 11) is -1.74. The Morgan fingerprint density at radius 1 is 1.44 bits per heavy atom. The molecule has 7 nitrogen and oxygen atoms in total. The third-order valence-electron chi connectivity index (χ3n) is 2.78. The minimum Gasteiger partial charge on any atom is -0.379 e. The number of ether oxygens (including phenoxy) is 1. The number of hydrogen-bond donors (Lipinski definition) is 1. The highest BCUT2D eigenvalue weighted by atomic mass is 32.2. The van der Waals surface area contributed by atoms with Crippen LogP contribution in [0.15, 0.2) is 17.6 Å². The van der Waals surface area contributed by atoms with Gasteiger partial charge in [-0.05, 0) is 0 Å². The van der Waals surface area contributed by atoms with Gasteiger partial charge in [0.05, 0.1) is 19.5 Å². The zero-order chi connectivity index (χ0) is 13.0. The SMILES string of the molecule is Cn1cnc(S(=O)(=O)NCCN2CCOCC2)c1. The molecule has 0 aromatic carbocycles. The molecule has 2 heterocycles. The van der Waals surface area contributed by atoms with E-state index in [-0.39, 0.29) is 5.03 Å². The van der Waals surface area contributed by atoms with Gasteiger partial charge < -0.3 is 9.30 Å². The second-order valence-electron chi connectivity index (χ2n) is 4.23. The van der Waals surface area contributed by atoms with Crippen LogP contribution in [0.2, 0.25) is 0 Å². The van der Waals surface area contributed by atoms with Crippen molar-refractivity contribution in [1.29, 1.82) is 0 Å². The number of rotatable bonds is 5. The van der Waals surface area contributed by atoms with Crippen molar-refractivity contribution in [3.63, 3.8) is 0 Å². The van der Waals surface area contributed by atoms with Crippen LogP contribution < -0.4 is 4.72 Å². The third kappa shape index (κ3) is 3.52. The van der Waals surface area contributed by atoms with Crippen LogP contribution in [0.25, 0.3) is 0 Å². The van der Waals surface area contributed by atoms with E-state index < -0.39 is 10.0 Å². The summed E-state index contributed by atoms with van der Waals surface area (Å²) in [4.78, 5) is 6.00. The lowest BCUT2D eigenvalue weighted by atomic mass is 10.4. The van der Waals surface area contributed by atoms with Crippen LogP contribution in [0.4, 0.5) is 0 Å². The van der Waals surface area contributed by atoms with Crippen LogP contribution in [0, 0.1) is 0 Å². The Morgan fingerprint density at radius 3 is 2.78 bits per heavy atom. The molecule has 0 spiro atoms. The lowest BCUT2D eigenvalue weighted by molar-refractivity contribution is 0.0390. The van der Waals surface area contributed by atoms with Crippen molar-refractivity contribution < 1.29 is 13.2 Å². The lowest BCUT2D eigenvalue weighted by Gasteiger charge is -2.26. The number of morpholine rings is 1. The van der Waals surface area contributed by atoms with Gasteiger partial charge in [-0.1, -0.05) is 0 Å². The Balaban J connectivity index is 1.82. The molecule has 0 aliphatic carbocycles. The minimum atomic E-state index is -3.48. The highest BCUT2D eigenvalue weighted by molar-refractivity contribution is 7.89. The second kappa shape index (κ2) is 5.79. The summed E-state index contributed by atoms with van der Waals surface area (Å²) in [5.41, 5.74) is 0. The van der Waals surface area contributed by atoms with Gasteiger partial charge >= 0.3 is 0 Å². The molecule has 8 heteroatoms. The van der Waals surface area contributed by atoms with E-state index in [0.29, 0.717) is 26.3 Å². The molecule has 1 aliphatic rings. The van der Waals surface area contributed by atoms with Gasteiger partial charge in [-0.3, -0.25) is 4.90 Å². The first-order valence-electron chi connectivity index (χ1n) is 5.86. The molecule has 1 fully saturated rings. The van der Waals surface area contributed by atoms with Crippen molar-refractivity contribution in [3.8, 4) is 0 Å². The Hall–Kier alpha value is -0.960. The molecule has 2 rings (SSSR count). The maximum Gasteiger partial charge on any atom is 0.259 e. The van der Waals surface area contributed by atoms with E-state index >= 15 is 0 Å². The Morgan fingerprint density at radius 2 is 2.17 bits per heavy atom. The number of aryl methyl sites for hydroxylation is 1. The summed E-state index contributed by atoms with van der Waals surface area (Å²) in [6.45, 7) is 4.21. The molecule has 0 amide bonds. The van der Waals surface area contributed by atoms with E-state index in [0.717, 1.165) is 13.1 Å². The maximum atomic E-state index is 11.9. The minimum absolute atomic E-state index is 0.0620. The molecule has 1 aliphatic heterocycles. The Kier molecular flexibility index (Phi) is 4.33. The van der Waals surface area contributed by atoms with E-state index in [1.54, 1.807) is 11.6 Å². The van der Waals surface area contributed by atoms with Crippen LogP contribution in [-0.2, 0) is 21.8 Å². The molecule has 0 radical (unpaired) electrons. The molecule has 1 aromatic heterocycles. The fraction of sp³-hybridized carbons (Fsp3) is 0.700. The molecule has 0 bridgehead atoms. The monoisotopic (exact) mass is 274 g/mol. The molecule has 1 N–H and O–H groups in total. The molecule has 102 valence electrons. The molecular formula is C10H18N4O3S. The first kappa shape index (κ1) is 13.5. The van der Waals surface area contributed by atoms with Gasteiger partial charge in [0.2, 0.25) is 0 Å². The van der Waals surface area contributed by atoms with Crippen molar-refractivity contribution in [2.24, 2.45) is 7.05 Å². The van der Waals surface area contributed by atoms with Gasteiger partial charge in [-0.2, -0.15) is 0 Å². The predicted molar refractivity (Wildman–Crippen MR) is 65.7 cm³/mol. The van der Waals surface area contributed by atoms with Crippen molar-refractivity contribution in [2.75, 3.05) is 39.4 Å². The van der Waals surface area contributed by atoms with Crippen molar-refractivity contribution in [3.05, 3.63) is 12.5 Å². The number of sulfonamides is 1. The summed E-state index contributed by atoms with van der Waals surface area (Å²) >= 11 is 0. The number of nitrogens with one attached hydrogen (secondary N) is 1. The largest absolute Gasteiger partial charge is 0.379 e. The standard InChI is InChI=1S/C10H18N4O3S/c1-13-8-10(11-9-13)18(15,16)12-2-3-14-4-6-17-7-5-14/h8-9,12H,2-7H2,1H3. The Bertz CT molecular complexity index is 479. The van der Waals surface area contributed by atoms with Gasteiger partial charge in [0.1, 0.15) is 0 Å². The lowest BCUT2D eigenvalue weighted by Crippen LogP contribution is -2.41. The zero-order valence-corrected chi connectivity index (χ0v) is 11.2. The van der Waals surface area contributed by atoms with E-state index in [4.69, 9.17) is 4.74 Å². The molecule has 1 aromatic rings. The molecule has 0 saturated carbocycles. The van der Waals surface area contributed by atoms with Gasteiger partial charge in [0.25, 0.3) is 10.0 Å². The normalized spacial score (nSPS) is 18.1. The third-order valence-corrected chi connectivity index (χ3v) is 4.13. The van der Waals surface area contributed by atoms with Crippen LogP contribution in [-0.4, -0.2) is 62.3 Å². The maximum absolute atomic E-state index is 11.9. The number of aromatic nitrogens is 2. The van der Waals surface area contributed by atoms with Crippen LogP contribution in [0.3, 0.4) is 0 Å².